The highest BCUT2D eigenvalue weighted by atomic mass is 35.5. The summed E-state index contributed by atoms with van der Waals surface area (Å²) in [6.45, 7) is 0.403. The molecule has 6 nitrogen and oxygen atoms in total. The van der Waals surface area contributed by atoms with Gasteiger partial charge < -0.3 is 10.2 Å². The summed E-state index contributed by atoms with van der Waals surface area (Å²) < 4.78 is 0. The number of hydrogen-bond acceptors (Lipinski definition) is 3. The third-order valence-corrected chi connectivity index (χ3v) is 5.57. The predicted octanol–water partition coefficient (Wildman–Crippen LogP) is 2.34. The van der Waals surface area contributed by atoms with Gasteiger partial charge in [0.2, 0.25) is 5.91 Å². The van der Waals surface area contributed by atoms with Gasteiger partial charge in [0.25, 0.3) is 5.91 Å². The molecule has 0 radical (unpaired) electrons. The van der Waals surface area contributed by atoms with E-state index >= 15 is 0 Å². The first-order valence-corrected chi connectivity index (χ1v) is 8.60. The molecule has 3 aliphatic rings. The standard InChI is InChI=1S/C17H18ClN3O3/c18-11-4-6-12(7-5-11)19-14(22)9-21-16(23)15-13-3-1-2-10(13)8-20(15)17(21)24/h4-7,10,13,15H,1-3,8-9H2,(H,19,22)/t10-,13-,15+/m1/s1. The van der Waals surface area contributed by atoms with Crippen LogP contribution in [0.15, 0.2) is 24.3 Å². The van der Waals surface area contributed by atoms with Crippen molar-refractivity contribution in [3.05, 3.63) is 29.3 Å². The molecule has 3 fully saturated rings. The molecule has 3 atom stereocenters. The van der Waals surface area contributed by atoms with E-state index in [1.807, 2.05) is 0 Å². The normalized spacial score (nSPS) is 28.3. The Balaban J connectivity index is 1.43. The molecule has 0 bridgehead atoms. The lowest BCUT2D eigenvalue weighted by Gasteiger charge is -2.17. The molecule has 1 aromatic rings. The molecule has 0 unspecified atom stereocenters. The van der Waals surface area contributed by atoms with Crippen LogP contribution in [0.3, 0.4) is 0 Å². The molecular weight excluding hydrogens is 330 g/mol. The summed E-state index contributed by atoms with van der Waals surface area (Å²) in [6, 6.07) is 6.00. The third kappa shape index (κ3) is 2.45. The van der Waals surface area contributed by atoms with Crippen molar-refractivity contribution >= 4 is 35.1 Å². The Bertz CT molecular complexity index is 706. The molecule has 1 aliphatic carbocycles. The zero-order valence-corrected chi connectivity index (χ0v) is 13.8. The molecule has 1 N–H and O–H groups in total. The molecule has 1 saturated carbocycles. The maximum absolute atomic E-state index is 12.6. The SMILES string of the molecule is O=C(CN1C(=O)[C@@H]2[C@@H]3CCC[C@@H]3CN2C1=O)Nc1ccc(Cl)cc1. The fourth-order valence-electron chi connectivity index (χ4n) is 4.25. The second-order valence-corrected chi connectivity index (χ2v) is 7.15. The number of amides is 4. The summed E-state index contributed by atoms with van der Waals surface area (Å²) in [5.74, 6) is 0.113. The average Bonchev–Trinajstić information content (AvgIpc) is 3.19. The first-order valence-electron chi connectivity index (χ1n) is 8.22. The number of halogens is 1. The number of urea groups is 1. The van der Waals surface area contributed by atoms with E-state index in [1.165, 1.54) is 0 Å². The molecule has 24 heavy (non-hydrogen) atoms. The van der Waals surface area contributed by atoms with E-state index in [2.05, 4.69) is 5.32 Å². The van der Waals surface area contributed by atoms with E-state index in [-0.39, 0.29) is 36.3 Å². The van der Waals surface area contributed by atoms with Gasteiger partial charge in [-0.25, -0.2) is 4.79 Å². The molecular formula is C17H18ClN3O3. The predicted molar refractivity (Wildman–Crippen MR) is 88.5 cm³/mol. The first-order chi connectivity index (χ1) is 11.5. The molecule has 0 spiro atoms. The monoisotopic (exact) mass is 347 g/mol. The summed E-state index contributed by atoms with van der Waals surface area (Å²) in [5.41, 5.74) is 0.583. The van der Waals surface area contributed by atoms with E-state index in [0.717, 1.165) is 24.2 Å². The van der Waals surface area contributed by atoms with Gasteiger partial charge in [0.15, 0.2) is 0 Å². The summed E-state index contributed by atoms with van der Waals surface area (Å²) in [6.07, 6.45) is 3.21. The number of imide groups is 1. The number of carbonyl (C=O) groups excluding carboxylic acids is 3. The van der Waals surface area contributed by atoms with Crippen molar-refractivity contribution in [1.29, 1.82) is 0 Å². The lowest BCUT2D eigenvalue weighted by atomic mass is 9.93. The van der Waals surface area contributed by atoms with Crippen LogP contribution in [0.2, 0.25) is 5.02 Å². The number of nitrogens with zero attached hydrogens (tertiary/aromatic N) is 2. The van der Waals surface area contributed by atoms with Gasteiger partial charge in [-0.05, 0) is 48.9 Å². The van der Waals surface area contributed by atoms with Crippen LogP contribution in [0.1, 0.15) is 19.3 Å². The highest BCUT2D eigenvalue weighted by molar-refractivity contribution is 6.30. The largest absolute Gasteiger partial charge is 0.327 e. The Morgan fingerprint density at radius 1 is 1.21 bits per heavy atom. The van der Waals surface area contributed by atoms with Gasteiger partial charge in [0.1, 0.15) is 12.6 Å². The highest BCUT2D eigenvalue weighted by Crippen LogP contribution is 2.45. The minimum absolute atomic E-state index is 0.222. The minimum Gasteiger partial charge on any atom is -0.325 e. The van der Waals surface area contributed by atoms with Gasteiger partial charge in [-0.3, -0.25) is 14.5 Å². The molecule has 0 aromatic heterocycles. The van der Waals surface area contributed by atoms with E-state index < -0.39 is 0 Å². The number of hydrogen-bond donors (Lipinski definition) is 1. The summed E-state index contributed by atoms with van der Waals surface area (Å²) in [7, 11) is 0. The molecule has 2 saturated heterocycles. The van der Waals surface area contributed by atoms with Crippen LogP contribution >= 0.6 is 11.6 Å². The van der Waals surface area contributed by atoms with Gasteiger partial charge in [-0.15, -0.1) is 0 Å². The lowest BCUT2D eigenvalue weighted by Crippen LogP contribution is -2.40. The van der Waals surface area contributed by atoms with Crippen LogP contribution < -0.4 is 5.32 Å². The maximum atomic E-state index is 12.6. The van der Waals surface area contributed by atoms with Crippen LogP contribution in [0.25, 0.3) is 0 Å². The van der Waals surface area contributed by atoms with E-state index in [4.69, 9.17) is 11.6 Å². The van der Waals surface area contributed by atoms with Crippen molar-refractivity contribution in [2.75, 3.05) is 18.4 Å². The Labute approximate surface area is 144 Å². The van der Waals surface area contributed by atoms with Crippen molar-refractivity contribution < 1.29 is 14.4 Å². The van der Waals surface area contributed by atoms with Crippen molar-refractivity contribution in [3.63, 3.8) is 0 Å². The van der Waals surface area contributed by atoms with Crippen LogP contribution in [0.5, 0.6) is 0 Å². The Morgan fingerprint density at radius 2 is 1.96 bits per heavy atom. The number of benzene rings is 1. The van der Waals surface area contributed by atoms with Crippen LogP contribution in [-0.2, 0) is 9.59 Å². The highest BCUT2D eigenvalue weighted by Gasteiger charge is 2.57. The number of nitrogens with one attached hydrogen (secondary N) is 1. The first kappa shape index (κ1) is 15.4. The minimum atomic E-state index is -0.386. The third-order valence-electron chi connectivity index (χ3n) is 5.32. The summed E-state index contributed by atoms with van der Waals surface area (Å²) in [4.78, 5) is 40.1. The average molecular weight is 348 g/mol. The molecule has 7 heteroatoms. The Kier molecular flexibility index (Phi) is 3.72. The summed E-state index contributed by atoms with van der Waals surface area (Å²) >= 11 is 5.81. The second kappa shape index (κ2) is 5.77. The number of anilines is 1. The topological polar surface area (TPSA) is 69.7 Å². The number of carbonyl (C=O) groups is 3. The molecule has 4 rings (SSSR count). The molecule has 1 aromatic carbocycles. The number of fused-ring (bicyclic) bond motifs is 3. The van der Waals surface area contributed by atoms with Gasteiger partial charge in [0, 0.05) is 17.3 Å². The molecule has 2 aliphatic heterocycles. The Hall–Kier alpha value is -2.08. The Morgan fingerprint density at radius 3 is 2.71 bits per heavy atom. The van der Waals surface area contributed by atoms with Crippen LogP contribution in [0, 0.1) is 11.8 Å². The van der Waals surface area contributed by atoms with Gasteiger partial charge in [0.05, 0.1) is 0 Å². The molecule has 4 amide bonds. The number of rotatable bonds is 3. The smallest absolute Gasteiger partial charge is 0.325 e. The van der Waals surface area contributed by atoms with E-state index in [0.29, 0.717) is 23.2 Å². The zero-order chi connectivity index (χ0) is 16.8. The quantitative estimate of drug-likeness (QED) is 0.853. The van der Waals surface area contributed by atoms with Crippen molar-refractivity contribution in [3.8, 4) is 0 Å². The molecule has 126 valence electrons. The van der Waals surface area contributed by atoms with Crippen molar-refractivity contribution in [2.45, 2.75) is 25.3 Å². The summed E-state index contributed by atoms with van der Waals surface area (Å²) in [5, 5.41) is 3.26. The van der Waals surface area contributed by atoms with E-state index in [1.54, 1.807) is 29.2 Å². The van der Waals surface area contributed by atoms with E-state index in [9.17, 15) is 14.4 Å². The van der Waals surface area contributed by atoms with Gasteiger partial charge >= 0.3 is 6.03 Å². The van der Waals surface area contributed by atoms with Crippen LogP contribution in [-0.4, -0.2) is 46.8 Å². The fourth-order valence-corrected chi connectivity index (χ4v) is 4.38. The second-order valence-electron chi connectivity index (χ2n) is 6.71. The van der Waals surface area contributed by atoms with Gasteiger partial charge in [-0.1, -0.05) is 18.0 Å². The molecule has 2 heterocycles. The van der Waals surface area contributed by atoms with Crippen LogP contribution in [0.4, 0.5) is 10.5 Å². The fraction of sp³-hybridized carbons (Fsp3) is 0.471. The van der Waals surface area contributed by atoms with Crippen molar-refractivity contribution in [1.82, 2.24) is 9.80 Å². The lowest BCUT2D eigenvalue weighted by molar-refractivity contribution is -0.131. The van der Waals surface area contributed by atoms with Gasteiger partial charge in [-0.2, -0.15) is 0 Å². The maximum Gasteiger partial charge on any atom is 0.327 e. The van der Waals surface area contributed by atoms with Crippen molar-refractivity contribution in [2.24, 2.45) is 11.8 Å². The zero-order valence-electron chi connectivity index (χ0n) is 13.1.